The van der Waals surface area contributed by atoms with Gasteiger partial charge in [-0.3, -0.25) is 4.79 Å². The minimum Gasteiger partial charge on any atom is -0.338 e. The van der Waals surface area contributed by atoms with Crippen LogP contribution in [0.15, 0.2) is 30.9 Å². The Kier molecular flexibility index (Phi) is 4.26. The van der Waals surface area contributed by atoms with Crippen molar-refractivity contribution in [2.75, 3.05) is 13.6 Å². The fourth-order valence-corrected chi connectivity index (χ4v) is 1.87. The largest absolute Gasteiger partial charge is 0.338 e. The van der Waals surface area contributed by atoms with Crippen LogP contribution in [-0.4, -0.2) is 24.4 Å². The van der Waals surface area contributed by atoms with Gasteiger partial charge in [0, 0.05) is 17.2 Å². The predicted molar refractivity (Wildman–Crippen MR) is 66.3 cm³/mol. The van der Waals surface area contributed by atoms with Crippen molar-refractivity contribution in [3.05, 3.63) is 45.8 Å². The number of likely N-dealkylation sites (N-methyl/N-ethyl adjacent to an activating group) is 1. The number of amides is 1. The lowest BCUT2D eigenvalue weighted by Crippen LogP contribution is -2.28. The second-order valence-electron chi connectivity index (χ2n) is 3.07. The summed E-state index contributed by atoms with van der Waals surface area (Å²) in [6.07, 6.45) is 1.60. The van der Waals surface area contributed by atoms with Gasteiger partial charge in [0.25, 0.3) is 5.91 Å². The summed E-state index contributed by atoms with van der Waals surface area (Å²) in [4.78, 5) is 13.2. The summed E-state index contributed by atoms with van der Waals surface area (Å²) in [5.41, 5.74) is 0.127. The average molecular weight is 319 g/mol. The molecule has 0 aliphatic heterocycles. The number of carbonyl (C=O) groups is 1. The third-order valence-corrected chi connectivity index (χ3v) is 2.83. The molecule has 4 heteroatoms. The molecule has 0 saturated heterocycles. The van der Waals surface area contributed by atoms with E-state index in [9.17, 15) is 9.18 Å². The SMILES string of the molecule is C=CCN(C)C(=O)c1c(F)cccc1I. The fraction of sp³-hybridized carbons (Fsp3) is 0.182. The van der Waals surface area contributed by atoms with E-state index in [4.69, 9.17) is 0 Å². The normalized spacial score (nSPS) is 9.80. The maximum absolute atomic E-state index is 13.4. The van der Waals surface area contributed by atoms with Gasteiger partial charge < -0.3 is 4.90 Å². The van der Waals surface area contributed by atoms with E-state index >= 15 is 0 Å². The van der Waals surface area contributed by atoms with Crippen LogP contribution in [0.25, 0.3) is 0 Å². The Bertz CT molecular complexity index is 372. The molecule has 1 amide bonds. The minimum atomic E-state index is -0.484. The van der Waals surface area contributed by atoms with E-state index in [-0.39, 0.29) is 11.5 Å². The van der Waals surface area contributed by atoms with Gasteiger partial charge in [0.2, 0.25) is 0 Å². The van der Waals surface area contributed by atoms with Crippen LogP contribution < -0.4 is 0 Å². The Morgan fingerprint density at radius 3 is 2.87 bits per heavy atom. The topological polar surface area (TPSA) is 20.3 Å². The highest BCUT2D eigenvalue weighted by molar-refractivity contribution is 14.1. The third-order valence-electron chi connectivity index (χ3n) is 1.93. The first-order valence-electron chi connectivity index (χ1n) is 4.38. The Labute approximate surface area is 102 Å². The van der Waals surface area contributed by atoms with E-state index < -0.39 is 5.82 Å². The van der Waals surface area contributed by atoms with E-state index in [0.717, 1.165) is 0 Å². The van der Waals surface area contributed by atoms with Gasteiger partial charge >= 0.3 is 0 Å². The Hall–Kier alpha value is -0.910. The third kappa shape index (κ3) is 2.77. The molecule has 0 N–H and O–H groups in total. The van der Waals surface area contributed by atoms with Crippen molar-refractivity contribution in [3.8, 4) is 0 Å². The number of carbonyl (C=O) groups excluding carboxylic acids is 1. The molecule has 0 unspecified atom stereocenters. The summed E-state index contributed by atoms with van der Waals surface area (Å²) in [5.74, 6) is -0.805. The van der Waals surface area contributed by atoms with Gasteiger partial charge in [-0.25, -0.2) is 4.39 Å². The minimum absolute atomic E-state index is 0.127. The van der Waals surface area contributed by atoms with Crippen molar-refractivity contribution in [1.29, 1.82) is 0 Å². The zero-order valence-electron chi connectivity index (χ0n) is 8.34. The molecule has 80 valence electrons. The molecule has 0 aliphatic carbocycles. The van der Waals surface area contributed by atoms with Crippen molar-refractivity contribution in [2.45, 2.75) is 0 Å². The first-order valence-corrected chi connectivity index (χ1v) is 5.46. The van der Waals surface area contributed by atoms with Gasteiger partial charge in [0.15, 0.2) is 0 Å². The van der Waals surface area contributed by atoms with Crippen molar-refractivity contribution in [1.82, 2.24) is 4.90 Å². The molecule has 1 aromatic carbocycles. The first kappa shape index (κ1) is 12.2. The van der Waals surface area contributed by atoms with Crippen molar-refractivity contribution in [3.63, 3.8) is 0 Å². The van der Waals surface area contributed by atoms with Gasteiger partial charge in [-0.1, -0.05) is 12.1 Å². The second-order valence-corrected chi connectivity index (χ2v) is 4.23. The Balaban J connectivity index is 3.05. The number of rotatable bonds is 3. The Morgan fingerprint density at radius 1 is 1.67 bits per heavy atom. The van der Waals surface area contributed by atoms with Crippen LogP contribution in [0, 0.1) is 9.39 Å². The molecule has 0 saturated carbocycles. The fourth-order valence-electron chi connectivity index (χ4n) is 1.17. The van der Waals surface area contributed by atoms with Crippen molar-refractivity contribution in [2.24, 2.45) is 0 Å². The van der Waals surface area contributed by atoms with E-state index in [2.05, 4.69) is 6.58 Å². The molecule has 1 rings (SSSR count). The zero-order valence-corrected chi connectivity index (χ0v) is 10.5. The highest BCUT2D eigenvalue weighted by Gasteiger charge is 2.17. The monoisotopic (exact) mass is 319 g/mol. The first-order chi connectivity index (χ1) is 7.07. The van der Waals surface area contributed by atoms with Gasteiger partial charge in [-0.2, -0.15) is 0 Å². The number of hydrogen-bond donors (Lipinski definition) is 0. The molecule has 0 fully saturated rings. The molecule has 0 atom stereocenters. The highest BCUT2D eigenvalue weighted by Crippen LogP contribution is 2.17. The molecular formula is C11H11FINO. The molecular weight excluding hydrogens is 308 g/mol. The number of nitrogens with zero attached hydrogens (tertiary/aromatic N) is 1. The van der Waals surface area contributed by atoms with Crippen LogP contribution in [0.1, 0.15) is 10.4 Å². The van der Waals surface area contributed by atoms with Crippen LogP contribution >= 0.6 is 22.6 Å². The molecule has 0 heterocycles. The van der Waals surface area contributed by atoms with Gasteiger partial charge in [-0.05, 0) is 34.7 Å². The Morgan fingerprint density at radius 2 is 2.33 bits per heavy atom. The molecule has 0 aromatic heterocycles. The van der Waals surface area contributed by atoms with E-state index in [1.807, 2.05) is 22.6 Å². The van der Waals surface area contributed by atoms with E-state index in [1.54, 1.807) is 25.3 Å². The summed E-state index contributed by atoms with van der Waals surface area (Å²) in [5, 5.41) is 0. The molecule has 15 heavy (non-hydrogen) atoms. The number of benzene rings is 1. The molecule has 0 spiro atoms. The summed E-state index contributed by atoms with van der Waals surface area (Å²) in [6.45, 7) is 3.94. The standard InChI is InChI=1S/C11H11FINO/c1-3-7-14(2)11(15)10-8(12)5-4-6-9(10)13/h3-6H,1,7H2,2H3. The molecule has 0 aliphatic rings. The molecule has 1 aromatic rings. The zero-order chi connectivity index (χ0) is 11.4. The smallest absolute Gasteiger partial charge is 0.257 e. The van der Waals surface area contributed by atoms with Crippen molar-refractivity contribution < 1.29 is 9.18 Å². The van der Waals surface area contributed by atoms with Crippen molar-refractivity contribution >= 4 is 28.5 Å². The lowest BCUT2D eigenvalue weighted by Gasteiger charge is -2.16. The van der Waals surface area contributed by atoms with E-state index in [0.29, 0.717) is 10.1 Å². The summed E-state index contributed by atoms with van der Waals surface area (Å²) in [6, 6.07) is 4.58. The van der Waals surface area contributed by atoms with Crippen LogP contribution in [0.5, 0.6) is 0 Å². The number of hydrogen-bond acceptors (Lipinski definition) is 1. The quantitative estimate of drug-likeness (QED) is 0.620. The van der Waals surface area contributed by atoms with Gasteiger partial charge in [0.1, 0.15) is 5.82 Å². The summed E-state index contributed by atoms with van der Waals surface area (Å²) >= 11 is 1.95. The second kappa shape index (κ2) is 5.25. The molecule has 0 bridgehead atoms. The molecule has 0 radical (unpaired) electrons. The van der Waals surface area contributed by atoms with E-state index in [1.165, 1.54) is 11.0 Å². The summed E-state index contributed by atoms with van der Waals surface area (Å²) in [7, 11) is 1.62. The van der Waals surface area contributed by atoms with Gasteiger partial charge in [-0.15, -0.1) is 6.58 Å². The van der Waals surface area contributed by atoms with Crippen LogP contribution in [0.3, 0.4) is 0 Å². The number of halogens is 2. The maximum atomic E-state index is 13.4. The highest BCUT2D eigenvalue weighted by atomic mass is 127. The predicted octanol–water partition coefficient (Wildman–Crippen LogP) is 2.69. The lowest BCUT2D eigenvalue weighted by atomic mass is 10.2. The molecule has 2 nitrogen and oxygen atoms in total. The van der Waals surface area contributed by atoms with Crippen LogP contribution in [-0.2, 0) is 0 Å². The van der Waals surface area contributed by atoms with Crippen LogP contribution in [0.4, 0.5) is 4.39 Å². The summed E-state index contributed by atoms with van der Waals surface area (Å²) < 4.78 is 14.0. The van der Waals surface area contributed by atoms with Crippen LogP contribution in [0.2, 0.25) is 0 Å². The average Bonchev–Trinajstić information content (AvgIpc) is 2.17. The lowest BCUT2D eigenvalue weighted by molar-refractivity contribution is 0.0804. The maximum Gasteiger partial charge on any atom is 0.257 e. The van der Waals surface area contributed by atoms with Gasteiger partial charge in [0.05, 0.1) is 5.56 Å².